The molecule has 88 valence electrons. The second-order valence-corrected chi connectivity index (χ2v) is 3.74. The number of fused-ring (bicyclic) bond motifs is 1. The van der Waals surface area contributed by atoms with E-state index in [0.717, 1.165) is 29.1 Å². The molecule has 1 aliphatic carbocycles. The molecule has 2 heteroatoms. The maximum atomic E-state index is 11.5. The first-order valence-corrected chi connectivity index (χ1v) is 6.06. The first kappa shape index (κ1) is 11.6. The van der Waals surface area contributed by atoms with E-state index < -0.39 is 0 Å². The molecular formula is C15H16O2. The zero-order valence-corrected chi connectivity index (χ0v) is 10.2. The van der Waals surface area contributed by atoms with Crippen molar-refractivity contribution >= 4 is 5.78 Å². The summed E-state index contributed by atoms with van der Waals surface area (Å²) in [5, 5.41) is 0. The Morgan fingerprint density at radius 3 is 2.41 bits per heavy atom. The highest BCUT2D eigenvalue weighted by atomic mass is 16.3. The van der Waals surface area contributed by atoms with E-state index in [-0.39, 0.29) is 5.78 Å². The average molecular weight is 228 g/mol. The van der Waals surface area contributed by atoms with E-state index in [0.29, 0.717) is 6.42 Å². The zero-order chi connectivity index (χ0) is 12.3. The molecule has 2 nitrogen and oxygen atoms in total. The molecule has 0 saturated carbocycles. The molecule has 1 heterocycles. The van der Waals surface area contributed by atoms with Crippen molar-refractivity contribution in [1.82, 2.24) is 0 Å². The van der Waals surface area contributed by atoms with Gasteiger partial charge in [-0.05, 0) is 6.07 Å². The van der Waals surface area contributed by atoms with Gasteiger partial charge < -0.3 is 4.42 Å². The second kappa shape index (κ2) is 5.00. The molecular weight excluding hydrogens is 212 g/mol. The van der Waals surface area contributed by atoms with Crippen LogP contribution in [0.25, 0.3) is 11.3 Å². The molecule has 1 aromatic heterocycles. The predicted molar refractivity (Wildman–Crippen MR) is 68.1 cm³/mol. The van der Waals surface area contributed by atoms with Gasteiger partial charge in [0.2, 0.25) is 0 Å². The van der Waals surface area contributed by atoms with Gasteiger partial charge in [0.25, 0.3) is 0 Å². The lowest BCUT2D eigenvalue weighted by Gasteiger charge is -1.95. The Kier molecular flexibility index (Phi) is 3.43. The smallest absolute Gasteiger partial charge is 0.166 e. The normalized spacial score (nSPS) is 12.9. The second-order valence-electron chi connectivity index (χ2n) is 3.74. The number of benzene rings is 1. The maximum Gasteiger partial charge on any atom is 0.166 e. The Morgan fingerprint density at radius 2 is 1.76 bits per heavy atom. The van der Waals surface area contributed by atoms with Gasteiger partial charge in [-0.15, -0.1) is 0 Å². The number of ketones is 1. The van der Waals surface area contributed by atoms with E-state index in [1.807, 2.05) is 50.2 Å². The highest BCUT2D eigenvalue weighted by Gasteiger charge is 2.24. The number of carbonyl (C=O) groups is 1. The summed E-state index contributed by atoms with van der Waals surface area (Å²) >= 11 is 0. The first-order valence-electron chi connectivity index (χ1n) is 6.06. The minimum Gasteiger partial charge on any atom is -0.460 e. The minimum atomic E-state index is 0.205. The van der Waals surface area contributed by atoms with Crippen LogP contribution in [0.1, 0.15) is 36.4 Å². The molecule has 2 aromatic rings. The summed E-state index contributed by atoms with van der Waals surface area (Å²) in [6.07, 6.45) is 1.35. The van der Waals surface area contributed by atoms with Gasteiger partial charge in [-0.25, -0.2) is 0 Å². The van der Waals surface area contributed by atoms with E-state index in [9.17, 15) is 4.79 Å². The standard InChI is InChI=1S/C13H10O2.C2H6/c14-11-6-7-12-10(11)8-13(15-12)9-4-2-1-3-5-9;1-2/h1-5,8H,6-7H2;1-2H3. The Hall–Kier alpha value is -1.83. The Morgan fingerprint density at radius 1 is 1.06 bits per heavy atom. The van der Waals surface area contributed by atoms with Crippen molar-refractivity contribution in [2.45, 2.75) is 26.7 Å². The molecule has 0 amide bonds. The predicted octanol–water partition coefficient (Wildman–Crippen LogP) is 4.10. The van der Waals surface area contributed by atoms with Crippen molar-refractivity contribution in [2.75, 3.05) is 0 Å². The van der Waals surface area contributed by atoms with E-state index in [1.165, 1.54) is 0 Å². The highest BCUT2D eigenvalue weighted by molar-refractivity contribution is 6.00. The maximum absolute atomic E-state index is 11.5. The fourth-order valence-corrected chi connectivity index (χ4v) is 1.96. The Labute approximate surface area is 101 Å². The molecule has 0 saturated heterocycles. The topological polar surface area (TPSA) is 30.2 Å². The zero-order valence-electron chi connectivity index (χ0n) is 10.2. The van der Waals surface area contributed by atoms with Crippen molar-refractivity contribution in [3.8, 4) is 11.3 Å². The molecule has 0 unspecified atom stereocenters. The van der Waals surface area contributed by atoms with Crippen molar-refractivity contribution in [2.24, 2.45) is 0 Å². The minimum absolute atomic E-state index is 0.205. The molecule has 0 radical (unpaired) electrons. The number of aryl methyl sites for hydroxylation is 1. The molecule has 3 rings (SSSR count). The molecule has 0 bridgehead atoms. The Bertz CT molecular complexity index is 509. The lowest BCUT2D eigenvalue weighted by Crippen LogP contribution is -1.87. The van der Waals surface area contributed by atoms with Crippen LogP contribution >= 0.6 is 0 Å². The van der Waals surface area contributed by atoms with Crippen LogP contribution in [0.4, 0.5) is 0 Å². The van der Waals surface area contributed by atoms with Crippen LogP contribution in [-0.4, -0.2) is 5.78 Å². The summed E-state index contributed by atoms with van der Waals surface area (Å²) < 4.78 is 5.66. The number of hydrogen-bond donors (Lipinski definition) is 0. The van der Waals surface area contributed by atoms with Crippen molar-refractivity contribution in [3.63, 3.8) is 0 Å². The van der Waals surface area contributed by atoms with Crippen LogP contribution in [0, 0.1) is 0 Å². The van der Waals surface area contributed by atoms with Gasteiger partial charge in [0.15, 0.2) is 5.78 Å². The van der Waals surface area contributed by atoms with Crippen LogP contribution in [-0.2, 0) is 6.42 Å². The van der Waals surface area contributed by atoms with Crippen LogP contribution in [0.3, 0.4) is 0 Å². The third-order valence-corrected chi connectivity index (χ3v) is 2.75. The first-order chi connectivity index (χ1) is 8.34. The van der Waals surface area contributed by atoms with Gasteiger partial charge >= 0.3 is 0 Å². The largest absolute Gasteiger partial charge is 0.460 e. The molecule has 0 atom stereocenters. The van der Waals surface area contributed by atoms with Gasteiger partial charge in [0, 0.05) is 18.4 Å². The number of rotatable bonds is 1. The number of Topliss-reactive ketones (excluding diaryl/α,β-unsaturated/α-hetero) is 1. The van der Waals surface area contributed by atoms with Crippen molar-refractivity contribution in [3.05, 3.63) is 47.7 Å². The summed E-state index contributed by atoms with van der Waals surface area (Å²) in [7, 11) is 0. The average Bonchev–Trinajstić information content (AvgIpc) is 2.96. The van der Waals surface area contributed by atoms with Gasteiger partial charge in [-0.3, -0.25) is 4.79 Å². The summed E-state index contributed by atoms with van der Waals surface area (Å²) in [5.74, 6) is 1.85. The fourth-order valence-electron chi connectivity index (χ4n) is 1.96. The van der Waals surface area contributed by atoms with Crippen LogP contribution in [0.2, 0.25) is 0 Å². The highest BCUT2D eigenvalue weighted by Crippen LogP contribution is 2.30. The SMILES string of the molecule is CC.O=C1CCc2oc(-c3ccccc3)cc21. The van der Waals surface area contributed by atoms with Crippen LogP contribution in [0.15, 0.2) is 40.8 Å². The van der Waals surface area contributed by atoms with Gasteiger partial charge in [-0.1, -0.05) is 44.2 Å². The van der Waals surface area contributed by atoms with Gasteiger partial charge in [0.05, 0.1) is 5.56 Å². The third-order valence-electron chi connectivity index (χ3n) is 2.75. The monoisotopic (exact) mass is 228 g/mol. The quantitative estimate of drug-likeness (QED) is 0.735. The number of furan rings is 1. The van der Waals surface area contributed by atoms with E-state index >= 15 is 0 Å². The van der Waals surface area contributed by atoms with Gasteiger partial charge in [0.1, 0.15) is 11.5 Å². The van der Waals surface area contributed by atoms with Crippen LogP contribution < -0.4 is 0 Å². The summed E-state index contributed by atoms with van der Waals surface area (Å²) in [6.45, 7) is 4.00. The lowest BCUT2D eigenvalue weighted by atomic mass is 10.1. The number of hydrogen-bond acceptors (Lipinski definition) is 2. The van der Waals surface area contributed by atoms with E-state index in [2.05, 4.69) is 0 Å². The summed E-state index contributed by atoms with van der Waals surface area (Å²) in [6, 6.07) is 11.7. The van der Waals surface area contributed by atoms with Crippen molar-refractivity contribution in [1.29, 1.82) is 0 Å². The van der Waals surface area contributed by atoms with E-state index in [1.54, 1.807) is 0 Å². The molecule has 0 fully saturated rings. The fraction of sp³-hybridized carbons (Fsp3) is 0.267. The van der Waals surface area contributed by atoms with Crippen LogP contribution in [0.5, 0.6) is 0 Å². The van der Waals surface area contributed by atoms with Gasteiger partial charge in [-0.2, -0.15) is 0 Å². The third kappa shape index (κ3) is 2.16. The Balaban J connectivity index is 0.000000514. The molecule has 0 N–H and O–H groups in total. The molecule has 17 heavy (non-hydrogen) atoms. The molecule has 1 aliphatic rings. The van der Waals surface area contributed by atoms with Crippen molar-refractivity contribution < 1.29 is 9.21 Å². The molecule has 0 aliphatic heterocycles. The summed E-state index contributed by atoms with van der Waals surface area (Å²) in [5.41, 5.74) is 1.80. The molecule has 1 aromatic carbocycles. The lowest BCUT2D eigenvalue weighted by molar-refractivity contribution is 0.0994. The molecule has 0 spiro atoms. The van der Waals surface area contributed by atoms with E-state index in [4.69, 9.17) is 4.42 Å². The number of carbonyl (C=O) groups excluding carboxylic acids is 1. The summed E-state index contributed by atoms with van der Waals surface area (Å²) in [4.78, 5) is 11.5.